The minimum atomic E-state index is -0.541. The zero-order valence-electron chi connectivity index (χ0n) is 11.5. The van der Waals surface area contributed by atoms with Gasteiger partial charge in [0.1, 0.15) is 11.0 Å². The number of aryl methyl sites for hydroxylation is 1. The van der Waals surface area contributed by atoms with E-state index in [1.165, 1.54) is 0 Å². The van der Waals surface area contributed by atoms with Crippen LogP contribution < -0.4 is 11.2 Å². The van der Waals surface area contributed by atoms with Crippen LogP contribution >= 0.6 is 11.6 Å². The normalized spacial score (nSPS) is 11.1. The van der Waals surface area contributed by atoms with Crippen LogP contribution in [0.15, 0.2) is 21.9 Å². The van der Waals surface area contributed by atoms with E-state index in [0.717, 1.165) is 4.57 Å². The van der Waals surface area contributed by atoms with Gasteiger partial charge in [0, 0.05) is 6.20 Å². The Morgan fingerprint density at radius 3 is 2.70 bits per heavy atom. The molecule has 0 aliphatic carbocycles. The van der Waals surface area contributed by atoms with E-state index in [-0.39, 0.29) is 23.2 Å². The summed E-state index contributed by atoms with van der Waals surface area (Å²) < 4.78 is 1.10. The van der Waals surface area contributed by atoms with Crippen molar-refractivity contribution in [2.45, 2.75) is 33.2 Å². The number of aromatic nitrogens is 4. The molecule has 0 atom stereocenters. The van der Waals surface area contributed by atoms with Crippen LogP contribution in [0.25, 0.3) is 0 Å². The van der Waals surface area contributed by atoms with Crippen molar-refractivity contribution in [2.75, 3.05) is 0 Å². The predicted molar refractivity (Wildman–Crippen MR) is 76.3 cm³/mol. The van der Waals surface area contributed by atoms with Crippen molar-refractivity contribution < 1.29 is 0 Å². The maximum absolute atomic E-state index is 12.4. The Labute approximate surface area is 120 Å². The molecular weight excluding hydrogens is 280 g/mol. The van der Waals surface area contributed by atoms with E-state index in [9.17, 15) is 9.59 Å². The molecule has 2 aromatic heterocycles. The zero-order valence-corrected chi connectivity index (χ0v) is 12.2. The Balaban J connectivity index is 2.55. The fourth-order valence-electron chi connectivity index (χ4n) is 1.96. The van der Waals surface area contributed by atoms with E-state index in [1.807, 2.05) is 13.8 Å². The Kier molecular flexibility index (Phi) is 4.04. The third-order valence-electron chi connectivity index (χ3n) is 2.91. The van der Waals surface area contributed by atoms with Gasteiger partial charge < -0.3 is 0 Å². The second-order valence-corrected chi connectivity index (χ2v) is 5.18. The SMILES string of the molecule is Cc1nccc(Cn2c(=O)[nH]c(Cl)c(C(C)C)c2=O)n1. The van der Waals surface area contributed by atoms with Crippen molar-refractivity contribution in [1.82, 2.24) is 19.5 Å². The summed E-state index contributed by atoms with van der Waals surface area (Å²) in [4.78, 5) is 34.9. The number of aromatic amines is 1. The zero-order chi connectivity index (χ0) is 14.9. The lowest BCUT2D eigenvalue weighted by molar-refractivity contribution is 0.656. The number of halogens is 1. The first-order chi connectivity index (χ1) is 9.40. The standard InChI is InChI=1S/C13H15ClN4O2/c1-7(2)10-11(14)17-13(20)18(12(10)19)6-9-4-5-15-8(3)16-9/h4-5,7H,6H2,1-3H3,(H,17,20). The minimum absolute atomic E-state index is 0.0785. The molecule has 0 aliphatic rings. The van der Waals surface area contributed by atoms with Gasteiger partial charge >= 0.3 is 5.69 Å². The molecule has 7 heteroatoms. The molecule has 0 aliphatic heterocycles. The summed E-state index contributed by atoms with van der Waals surface area (Å²) in [7, 11) is 0. The van der Waals surface area contributed by atoms with Crippen molar-refractivity contribution in [3.8, 4) is 0 Å². The van der Waals surface area contributed by atoms with Crippen LogP contribution in [0, 0.1) is 6.92 Å². The Hall–Kier alpha value is -1.95. The lowest BCUT2D eigenvalue weighted by atomic mass is 10.1. The highest BCUT2D eigenvalue weighted by Crippen LogP contribution is 2.16. The summed E-state index contributed by atoms with van der Waals surface area (Å²) in [5.74, 6) is 0.509. The van der Waals surface area contributed by atoms with Crippen molar-refractivity contribution in [3.05, 3.63) is 55.3 Å². The molecule has 0 unspecified atom stereocenters. The molecule has 20 heavy (non-hydrogen) atoms. The highest BCUT2D eigenvalue weighted by Gasteiger charge is 2.16. The van der Waals surface area contributed by atoms with E-state index in [2.05, 4.69) is 15.0 Å². The van der Waals surface area contributed by atoms with Crippen molar-refractivity contribution in [2.24, 2.45) is 0 Å². The lowest BCUT2D eigenvalue weighted by Gasteiger charge is -2.11. The van der Waals surface area contributed by atoms with Gasteiger partial charge in [-0.3, -0.25) is 14.3 Å². The topological polar surface area (TPSA) is 80.6 Å². The molecule has 106 valence electrons. The molecule has 2 heterocycles. The lowest BCUT2D eigenvalue weighted by Crippen LogP contribution is -2.38. The van der Waals surface area contributed by atoms with Crippen LogP contribution in [-0.4, -0.2) is 19.5 Å². The molecule has 0 saturated carbocycles. The Morgan fingerprint density at radius 1 is 1.40 bits per heavy atom. The molecule has 2 rings (SSSR count). The minimum Gasteiger partial charge on any atom is -0.297 e. The molecule has 0 fully saturated rings. The summed E-state index contributed by atoms with van der Waals surface area (Å²) in [6, 6.07) is 1.67. The van der Waals surface area contributed by atoms with Crippen LogP contribution in [0.2, 0.25) is 5.15 Å². The Morgan fingerprint density at radius 2 is 2.10 bits per heavy atom. The molecule has 0 radical (unpaired) electrons. The average molecular weight is 295 g/mol. The number of nitrogens with one attached hydrogen (secondary N) is 1. The maximum atomic E-state index is 12.4. The number of nitrogens with zero attached hydrogens (tertiary/aromatic N) is 3. The van der Waals surface area contributed by atoms with Crippen LogP contribution in [0.3, 0.4) is 0 Å². The Bertz CT molecular complexity index is 749. The molecule has 1 N–H and O–H groups in total. The third-order valence-corrected chi connectivity index (χ3v) is 3.20. The summed E-state index contributed by atoms with van der Waals surface area (Å²) in [5.41, 5.74) is 0.0739. The van der Waals surface area contributed by atoms with Gasteiger partial charge in [0.05, 0.1) is 17.8 Å². The summed E-state index contributed by atoms with van der Waals surface area (Å²) in [5, 5.41) is 0.102. The van der Waals surface area contributed by atoms with Crippen molar-refractivity contribution in [3.63, 3.8) is 0 Å². The summed E-state index contributed by atoms with van der Waals surface area (Å²) in [6.45, 7) is 5.53. The highest BCUT2D eigenvalue weighted by molar-refractivity contribution is 6.30. The first-order valence-electron chi connectivity index (χ1n) is 6.21. The van der Waals surface area contributed by atoms with E-state index >= 15 is 0 Å². The van der Waals surface area contributed by atoms with Gasteiger partial charge in [-0.05, 0) is 18.9 Å². The molecule has 0 aromatic carbocycles. The number of hydrogen-bond donors (Lipinski definition) is 1. The van der Waals surface area contributed by atoms with E-state index in [1.54, 1.807) is 19.2 Å². The fourth-order valence-corrected chi connectivity index (χ4v) is 2.34. The first kappa shape index (κ1) is 14.5. The van der Waals surface area contributed by atoms with Crippen LogP contribution in [-0.2, 0) is 6.54 Å². The van der Waals surface area contributed by atoms with Gasteiger partial charge in [0.15, 0.2) is 0 Å². The van der Waals surface area contributed by atoms with Gasteiger partial charge in [-0.2, -0.15) is 0 Å². The monoisotopic (exact) mass is 294 g/mol. The quantitative estimate of drug-likeness (QED) is 0.869. The van der Waals surface area contributed by atoms with E-state index in [0.29, 0.717) is 17.1 Å². The molecule has 0 saturated heterocycles. The average Bonchev–Trinajstić information content (AvgIpc) is 2.33. The smallest absolute Gasteiger partial charge is 0.297 e. The van der Waals surface area contributed by atoms with Gasteiger partial charge in [-0.1, -0.05) is 25.4 Å². The largest absolute Gasteiger partial charge is 0.329 e. The number of rotatable bonds is 3. The molecule has 0 amide bonds. The van der Waals surface area contributed by atoms with Gasteiger partial charge in [-0.25, -0.2) is 14.8 Å². The summed E-state index contributed by atoms with van der Waals surface area (Å²) >= 11 is 5.94. The highest BCUT2D eigenvalue weighted by atomic mass is 35.5. The van der Waals surface area contributed by atoms with Crippen LogP contribution in [0.5, 0.6) is 0 Å². The van der Waals surface area contributed by atoms with Crippen LogP contribution in [0.1, 0.15) is 36.8 Å². The van der Waals surface area contributed by atoms with E-state index < -0.39 is 5.69 Å². The maximum Gasteiger partial charge on any atom is 0.329 e. The van der Waals surface area contributed by atoms with E-state index in [4.69, 9.17) is 11.6 Å². The van der Waals surface area contributed by atoms with Gasteiger partial charge in [0.2, 0.25) is 0 Å². The molecule has 6 nitrogen and oxygen atoms in total. The van der Waals surface area contributed by atoms with Gasteiger partial charge in [-0.15, -0.1) is 0 Å². The second-order valence-electron chi connectivity index (χ2n) is 4.80. The molecular formula is C13H15ClN4O2. The molecule has 0 bridgehead atoms. The van der Waals surface area contributed by atoms with Gasteiger partial charge in [0.25, 0.3) is 5.56 Å². The molecule has 0 spiro atoms. The number of hydrogen-bond acceptors (Lipinski definition) is 4. The van der Waals surface area contributed by atoms with Crippen molar-refractivity contribution >= 4 is 11.6 Å². The second kappa shape index (κ2) is 5.58. The predicted octanol–water partition coefficient (Wildman–Crippen LogP) is 1.46. The first-order valence-corrected chi connectivity index (χ1v) is 6.59. The third kappa shape index (κ3) is 2.80. The van der Waals surface area contributed by atoms with Crippen molar-refractivity contribution in [1.29, 1.82) is 0 Å². The number of H-pyrrole nitrogens is 1. The summed E-state index contributed by atoms with van der Waals surface area (Å²) in [6.07, 6.45) is 1.59. The molecule has 2 aromatic rings. The fraction of sp³-hybridized carbons (Fsp3) is 0.385. The van der Waals surface area contributed by atoms with Crippen LogP contribution in [0.4, 0.5) is 0 Å².